The van der Waals surface area contributed by atoms with Gasteiger partial charge < -0.3 is 5.11 Å². The molecule has 3 rings (SSSR count). The summed E-state index contributed by atoms with van der Waals surface area (Å²) in [6, 6.07) is 16.5. The van der Waals surface area contributed by atoms with Gasteiger partial charge in [0.05, 0.1) is 5.69 Å². The molecule has 4 heteroatoms. The SMILES string of the molecule is Oc1ccc2cccnc2c1N=Nc1ccccc1. The molecule has 0 bridgehead atoms. The van der Waals surface area contributed by atoms with Crippen LogP contribution in [-0.4, -0.2) is 10.1 Å². The maximum atomic E-state index is 9.89. The zero-order chi connectivity index (χ0) is 13.1. The first-order valence-electron chi connectivity index (χ1n) is 5.88. The van der Waals surface area contributed by atoms with Crippen molar-refractivity contribution in [3.8, 4) is 5.75 Å². The van der Waals surface area contributed by atoms with Gasteiger partial charge in [-0.05, 0) is 30.3 Å². The number of phenols is 1. The minimum absolute atomic E-state index is 0.0749. The molecule has 0 radical (unpaired) electrons. The van der Waals surface area contributed by atoms with Crippen molar-refractivity contribution >= 4 is 22.3 Å². The van der Waals surface area contributed by atoms with Crippen LogP contribution in [0, 0.1) is 0 Å². The van der Waals surface area contributed by atoms with Crippen LogP contribution in [0.5, 0.6) is 5.75 Å². The van der Waals surface area contributed by atoms with Crippen LogP contribution in [0.25, 0.3) is 10.9 Å². The molecule has 4 nitrogen and oxygen atoms in total. The Kier molecular flexibility index (Phi) is 2.90. The summed E-state index contributed by atoms with van der Waals surface area (Å²) in [5, 5.41) is 19.0. The first-order valence-corrected chi connectivity index (χ1v) is 5.88. The summed E-state index contributed by atoms with van der Waals surface area (Å²) in [6.45, 7) is 0. The summed E-state index contributed by atoms with van der Waals surface area (Å²) in [4.78, 5) is 4.24. The monoisotopic (exact) mass is 249 g/mol. The van der Waals surface area contributed by atoms with Crippen molar-refractivity contribution in [2.45, 2.75) is 0 Å². The molecule has 0 spiro atoms. The molecule has 0 atom stereocenters. The van der Waals surface area contributed by atoms with Gasteiger partial charge in [0.2, 0.25) is 0 Å². The molecular formula is C15H11N3O. The molecule has 0 unspecified atom stereocenters. The molecule has 1 N–H and O–H groups in total. The summed E-state index contributed by atoms with van der Waals surface area (Å²) < 4.78 is 0. The second-order valence-electron chi connectivity index (χ2n) is 4.04. The number of phenolic OH excluding ortho intramolecular Hbond substituents is 1. The lowest BCUT2D eigenvalue weighted by Crippen LogP contribution is -1.78. The Morgan fingerprint density at radius 3 is 2.53 bits per heavy atom. The predicted octanol–water partition coefficient (Wildman–Crippen LogP) is 4.36. The lowest BCUT2D eigenvalue weighted by atomic mass is 10.2. The number of pyridine rings is 1. The maximum absolute atomic E-state index is 9.89. The van der Waals surface area contributed by atoms with E-state index in [9.17, 15) is 5.11 Å². The third kappa shape index (κ3) is 2.28. The Labute approximate surface area is 110 Å². The number of fused-ring (bicyclic) bond motifs is 1. The van der Waals surface area contributed by atoms with Gasteiger partial charge in [-0.1, -0.05) is 24.3 Å². The molecule has 0 amide bonds. The van der Waals surface area contributed by atoms with E-state index < -0.39 is 0 Å². The summed E-state index contributed by atoms with van der Waals surface area (Å²) in [7, 11) is 0. The highest BCUT2D eigenvalue weighted by atomic mass is 16.3. The van der Waals surface area contributed by atoms with E-state index in [1.807, 2.05) is 42.5 Å². The number of hydrogen-bond donors (Lipinski definition) is 1. The lowest BCUT2D eigenvalue weighted by Gasteiger charge is -2.02. The van der Waals surface area contributed by atoms with Gasteiger partial charge in [0.25, 0.3) is 0 Å². The van der Waals surface area contributed by atoms with Gasteiger partial charge in [-0.2, -0.15) is 5.11 Å². The third-order valence-electron chi connectivity index (χ3n) is 2.75. The van der Waals surface area contributed by atoms with Crippen LogP contribution < -0.4 is 0 Å². The van der Waals surface area contributed by atoms with Crippen LogP contribution in [-0.2, 0) is 0 Å². The van der Waals surface area contributed by atoms with Gasteiger partial charge in [0.15, 0.2) is 5.69 Å². The van der Waals surface area contributed by atoms with Crippen LogP contribution in [0.15, 0.2) is 71.0 Å². The predicted molar refractivity (Wildman–Crippen MR) is 74.0 cm³/mol. The molecule has 0 fully saturated rings. The van der Waals surface area contributed by atoms with E-state index in [-0.39, 0.29) is 5.75 Å². The molecule has 1 aromatic heterocycles. The highest BCUT2D eigenvalue weighted by Gasteiger charge is 2.06. The quantitative estimate of drug-likeness (QED) is 0.686. The van der Waals surface area contributed by atoms with E-state index in [0.29, 0.717) is 11.2 Å². The number of rotatable bonds is 2. The van der Waals surface area contributed by atoms with Crippen LogP contribution >= 0.6 is 0 Å². The van der Waals surface area contributed by atoms with Crippen molar-refractivity contribution in [3.05, 3.63) is 60.8 Å². The Hall–Kier alpha value is -2.75. The summed E-state index contributed by atoms with van der Waals surface area (Å²) >= 11 is 0. The lowest BCUT2D eigenvalue weighted by molar-refractivity contribution is 0.477. The number of hydrogen-bond acceptors (Lipinski definition) is 4. The summed E-state index contributed by atoms with van der Waals surface area (Å²) in [5.74, 6) is 0.0749. The Morgan fingerprint density at radius 1 is 0.842 bits per heavy atom. The first-order chi connectivity index (χ1) is 9.34. The topological polar surface area (TPSA) is 57.8 Å². The van der Waals surface area contributed by atoms with Gasteiger partial charge >= 0.3 is 0 Å². The number of azo groups is 1. The second-order valence-corrected chi connectivity index (χ2v) is 4.04. The Bertz CT molecular complexity index is 739. The molecule has 92 valence electrons. The molecule has 0 aliphatic heterocycles. The van der Waals surface area contributed by atoms with Gasteiger partial charge in [-0.15, -0.1) is 5.11 Å². The van der Waals surface area contributed by atoms with E-state index >= 15 is 0 Å². The third-order valence-corrected chi connectivity index (χ3v) is 2.75. The maximum Gasteiger partial charge on any atom is 0.153 e. The molecule has 0 saturated carbocycles. The molecule has 1 heterocycles. The minimum Gasteiger partial charge on any atom is -0.506 e. The number of aromatic nitrogens is 1. The van der Waals surface area contributed by atoms with Crippen LogP contribution in [0.4, 0.5) is 11.4 Å². The zero-order valence-electron chi connectivity index (χ0n) is 10.1. The molecule has 0 aliphatic carbocycles. The van der Waals surface area contributed by atoms with Crippen molar-refractivity contribution in [1.82, 2.24) is 4.98 Å². The van der Waals surface area contributed by atoms with E-state index in [0.717, 1.165) is 11.1 Å². The van der Waals surface area contributed by atoms with Crippen molar-refractivity contribution < 1.29 is 5.11 Å². The Morgan fingerprint density at radius 2 is 1.68 bits per heavy atom. The van der Waals surface area contributed by atoms with E-state index in [1.54, 1.807) is 18.3 Å². The average molecular weight is 249 g/mol. The summed E-state index contributed by atoms with van der Waals surface area (Å²) in [6.07, 6.45) is 1.67. The summed E-state index contributed by atoms with van der Waals surface area (Å²) in [5.41, 5.74) is 1.76. The second kappa shape index (κ2) is 4.86. The normalized spacial score (nSPS) is 11.2. The van der Waals surface area contributed by atoms with Gasteiger partial charge in [0.1, 0.15) is 11.3 Å². The van der Waals surface area contributed by atoms with E-state index in [1.165, 1.54) is 0 Å². The van der Waals surface area contributed by atoms with Crippen LogP contribution in [0.1, 0.15) is 0 Å². The van der Waals surface area contributed by atoms with Gasteiger partial charge in [-0.3, -0.25) is 4.98 Å². The fraction of sp³-hybridized carbons (Fsp3) is 0. The molecule has 2 aromatic carbocycles. The molecule has 3 aromatic rings. The molecule has 0 saturated heterocycles. The van der Waals surface area contributed by atoms with E-state index in [2.05, 4.69) is 15.2 Å². The minimum atomic E-state index is 0.0749. The van der Waals surface area contributed by atoms with Crippen LogP contribution in [0.3, 0.4) is 0 Å². The average Bonchev–Trinajstić information content (AvgIpc) is 2.47. The number of nitrogens with zero attached hydrogens (tertiary/aromatic N) is 3. The fourth-order valence-corrected chi connectivity index (χ4v) is 1.82. The van der Waals surface area contributed by atoms with Crippen molar-refractivity contribution in [1.29, 1.82) is 0 Å². The smallest absolute Gasteiger partial charge is 0.153 e. The Balaban J connectivity index is 2.10. The standard InChI is InChI=1S/C15H11N3O/c19-13-9-8-11-5-4-10-16-14(11)15(13)18-17-12-6-2-1-3-7-12/h1-10,19H. The van der Waals surface area contributed by atoms with Crippen molar-refractivity contribution in [2.75, 3.05) is 0 Å². The van der Waals surface area contributed by atoms with Gasteiger partial charge in [0, 0.05) is 11.6 Å². The molecule has 0 aliphatic rings. The highest BCUT2D eigenvalue weighted by Crippen LogP contribution is 2.34. The fourth-order valence-electron chi connectivity index (χ4n) is 1.82. The molecular weight excluding hydrogens is 238 g/mol. The van der Waals surface area contributed by atoms with Crippen molar-refractivity contribution in [3.63, 3.8) is 0 Å². The largest absolute Gasteiger partial charge is 0.506 e. The van der Waals surface area contributed by atoms with Gasteiger partial charge in [-0.25, -0.2) is 0 Å². The number of aromatic hydroxyl groups is 1. The molecule has 19 heavy (non-hydrogen) atoms. The highest BCUT2D eigenvalue weighted by molar-refractivity contribution is 5.91. The number of benzene rings is 2. The first kappa shape index (κ1) is 11.3. The van der Waals surface area contributed by atoms with E-state index in [4.69, 9.17) is 0 Å². The zero-order valence-corrected chi connectivity index (χ0v) is 10.1. The van der Waals surface area contributed by atoms with Crippen molar-refractivity contribution in [2.24, 2.45) is 10.2 Å². The van der Waals surface area contributed by atoms with Crippen LogP contribution in [0.2, 0.25) is 0 Å².